The van der Waals surface area contributed by atoms with Gasteiger partial charge in [0.25, 0.3) is 11.8 Å². The number of benzene rings is 1. The van der Waals surface area contributed by atoms with Gasteiger partial charge in [0, 0.05) is 30.7 Å². The number of ether oxygens (including phenoxy) is 4. The molecule has 2 saturated carbocycles. The van der Waals surface area contributed by atoms with Gasteiger partial charge in [-0.15, -0.1) is 0 Å². The minimum Gasteiger partial charge on any atom is -0.497 e. The van der Waals surface area contributed by atoms with Crippen molar-refractivity contribution in [1.82, 2.24) is 25.2 Å². The predicted molar refractivity (Wildman–Crippen MR) is 222 cm³/mol. The van der Waals surface area contributed by atoms with Gasteiger partial charge in [-0.3, -0.25) is 19.1 Å². The van der Waals surface area contributed by atoms with Crippen molar-refractivity contribution in [2.75, 3.05) is 13.7 Å². The number of aromatic nitrogens is 1. The molecule has 4 amide bonds. The number of halogens is 2. The quantitative estimate of drug-likeness (QED) is 0.232. The van der Waals surface area contributed by atoms with E-state index in [4.69, 9.17) is 18.9 Å². The van der Waals surface area contributed by atoms with Gasteiger partial charge in [-0.1, -0.05) is 26.0 Å². The predicted octanol–water partition coefficient (Wildman–Crippen LogP) is 5.79. The highest BCUT2D eigenvalue weighted by Crippen LogP contribution is 2.48. The summed E-state index contributed by atoms with van der Waals surface area (Å²) in [5.41, 5.74) is -3.86. The maximum atomic E-state index is 14.9. The van der Waals surface area contributed by atoms with Gasteiger partial charge in [-0.2, -0.15) is 4.98 Å². The van der Waals surface area contributed by atoms with Crippen molar-refractivity contribution in [1.29, 1.82) is 0 Å². The van der Waals surface area contributed by atoms with E-state index in [0.717, 1.165) is 13.8 Å². The Bertz CT molecular complexity index is 2170. The molecule has 2 aliphatic carbocycles. The lowest BCUT2D eigenvalue weighted by atomic mass is 9.88. The van der Waals surface area contributed by atoms with Gasteiger partial charge in [0.15, 0.2) is 5.60 Å². The van der Waals surface area contributed by atoms with Crippen molar-refractivity contribution < 1.29 is 55.3 Å². The zero-order chi connectivity index (χ0) is 44.9. The van der Waals surface area contributed by atoms with E-state index >= 15 is 0 Å². The van der Waals surface area contributed by atoms with Crippen molar-refractivity contribution in [2.45, 2.75) is 146 Å². The summed E-state index contributed by atoms with van der Waals surface area (Å²) >= 11 is 0. The second-order valence-corrected chi connectivity index (χ2v) is 20.6. The standard InChI is InChI=1S/C43H59F2N5O10S/c1-24(2)58-33-20-27-19-29(57-9)14-15-31(27)36(46-33)59-30-21-32-35(51)48-43(38(53)49-61(55,56)41(7)16-17-41)22-28(43)13-11-10-12-25(3)18-26(4)34(37(52)50(32)23-30)47-39(54)60-40(5,6)42(8,44)45/h11,13-15,19-20,24-26,28,30,32,34H,10,12,16-18,21-23H2,1-9H3,(H,47,54)(H,48,51)(H,49,53)/b13-11-/t25-,26-,28-,30-,32+,34+,43-/m1/s1. The van der Waals surface area contributed by atoms with Crippen LogP contribution >= 0.6 is 0 Å². The molecule has 2 aliphatic heterocycles. The summed E-state index contributed by atoms with van der Waals surface area (Å²) in [6.07, 6.45) is 3.81. The van der Waals surface area contributed by atoms with Gasteiger partial charge in [0.05, 0.1) is 24.5 Å². The summed E-state index contributed by atoms with van der Waals surface area (Å²) < 4.78 is 79.7. The number of allylic oxidation sites excluding steroid dienone is 1. The molecule has 336 valence electrons. The SMILES string of the molecule is COc1ccc2c(O[C@@H]3C[C@H]4C(=O)N[C@]5(C(=O)NS(=O)(=O)C6(C)CC6)C[C@H]5/C=C\CC[C@@H](C)C[C@@H](C)[C@H](NC(=O)OC(C)(C)C(C)(F)F)C(=O)N4C3)nc(OC(C)C)cc2c1. The number of hydrogen-bond acceptors (Lipinski definition) is 11. The zero-order valence-electron chi connectivity index (χ0n) is 36.3. The number of methoxy groups -OCH3 is 1. The molecule has 61 heavy (non-hydrogen) atoms. The second kappa shape index (κ2) is 16.9. The Labute approximate surface area is 356 Å². The van der Waals surface area contributed by atoms with Crippen LogP contribution in [-0.2, 0) is 29.1 Å². The largest absolute Gasteiger partial charge is 0.497 e. The fraction of sp³-hybridized carbons (Fsp3) is 0.651. The van der Waals surface area contributed by atoms with Crippen LogP contribution in [0.3, 0.4) is 0 Å². The third-order valence-electron chi connectivity index (χ3n) is 12.5. The van der Waals surface area contributed by atoms with Gasteiger partial charge in [-0.25, -0.2) is 22.0 Å². The van der Waals surface area contributed by atoms with E-state index in [9.17, 15) is 36.4 Å². The number of hydrogen-bond donors (Lipinski definition) is 3. The molecule has 1 aromatic heterocycles. The first-order valence-electron chi connectivity index (χ1n) is 20.9. The first-order valence-corrected chi connectivity index (χ1v) is 22.4. The van der Waals surface area contributed by atoms with Gasteiger partial charge >= 0.3 is 6.09 Å². The highest BCUT2D eigenvalue weighted by molar-refractivity contribution is 7.91. The highest BCUT2D eigenvalue weighted by Gasteiger charge is 2.63. The number of pyridine rings is 1. The summed E-state index contributed by atoms with van der Waals surface area (Å²) in [6, 6.07) is 4.39. The van der Waals surface area contributed by atoms with Crippen LogP contribution < -0.4 is 29.6 Å². The molecule has 0 bridgehead atoms. The van der Waals surface area contributed by atoms with Crippen LogP contribution in [-0.4, -0.2) is 102 Å². The maximum absolute atomic E-state index is 14.9. The van der Waals surface area contributed by atoms with Crippen molar-refractivity contribution in [3.05, 3.63) is 36.4 Å². The van der Waals surface area contributed by atoms with Crippen LogP contribution in [0.15, 0.2) is 36.4 Å². The van der Waals surface area contributed by atoms with E-state index in [0.29, 0.717) is 55.5 Å². The molecular weight excluding hydrogens is 817 g/mol. The number of nitrogens with one attached hydrogen (secondary N) is 3. The Balaban J connectivity index is 1.38. The molecule has 2 aromatic rings. The van der Waals surface area contributed by atoms with Crippen molar-refractivity contribution in [2.24, 2.45) is 17.8 Å². The first-order chi connectivity index (χ1) is 28.4. The summed E-state index contributed by atoms with van der Waals surface area (Å²) in [7, 11) is -2.53. The molecule has 0 radical (unpaired) electrons. The lowest BCUT2D eigenvalue weighted by molar-refractivity contribution is -0.152. The number of carbonyl (C=O) groups excluding carboxylic acids is 4. The van der Waals surface area contributed by atoms with Gasteiger partial charge in [0.1, 0.15) is 29.5 Å². The van der Waals surface area contributed by atoms with Crippen LogP contribution in [0.2, 0.25) is 0 Å². The van der Waals surface area contributed by atoms with Crippen LogP contribution in [0.5, 0.6) is 17.5 Å². The number of fused-ring (bicyclic) bond motifs is 3. The minimum absolute atomic E-state index is 0.00882. The van der Waals surface area contributed by atoms with E-state index < -0.39 is 85.7 Å². The highest BCUT2D eigenvalue weighted by atomic mass is 32.2. The third kappa shape index (κ3) is 9.83. The van der Waals surface area contributed by atoms with Crippen LogP contribution in [0.4, 0.5) is 13.6 Å². The fourth-order valence-corrected chi connectivity index (χ4v) is 9.24. The molecule has 6 rings (SSSR count). The van der Waals surface area contributed by atoms with Crippen molar-refractivity contribution >= 4 is 44.6 Å². The Morgan fingerprint density at radius 2 is 1.79 bits per heavy atom. The number of nitrogens with zero attached hydrogens (tertiary/aromatic N) is 2. The number of alkyl carbamates (subject to hydrolysis) is 1. The maximum Gasteiger partial charge on any atom is 0.408 e. The molecular formula is C43H59F2N5O10S. The van der Waals surface area contributed by atoms with Crippen LogP contribution in [0.1, 0.15) is 100 Å². The molecule has 3 N–H and O–H groups in total. The zero-order valence-corrected chi connectivity index (χ0v) is 37.1. The molecule has 3 fully saturated rings. The number of amides is 4. The van der Waals surface area contributed by atoms with Gasteiger partial charge < -0.3 is 34.5 Å². The number of carbonyl (C=O) groups is 4. The van der Waals surface area contributed by atoms with E-state index in [1.165, 1.54) is 12.0 Å². The number of alkyl halides is 2. The lowest BCUT2D eigenvalue weighted by Gasteiger charge is -2.35. The average molecular weight is 876 g/mol. The normalized spacial score (nSPS) is 28.6. The van der Waals surface area contributed by atoms with E-state index in [1.807, 2.05) is 32.9 Å². The minimum atomic E-state index is -4.07. The van der Waals surface area contributed by atoms with Gasteiger partial charge in [-0.05, 0) is 109 Å². The van der Waals surface area contributed by atoms with Crippen molar-refractivity contribution in [3.8, 4) is 17.5 Å². The van der Waals surface area contributed by atoms with E-state index in [2.05, 4.69) is 20.3 Å². The Kier molecular flexibility index (Phi) is 12.6. The van der Waals surface area contributed by atoms with E-state index in [1.54, 1.807) is 38.1 Å². The molecule has 1 saturated heterocycles. The molecule has 4 aliphatic rings. The van der Waals surface area contributed by atoms with Crippen molar-refractivity contribution in [3.63, 3.8) is 0 Å². The second-order valence-electron chi connectivity index (χ2n) is 18.4. The Morgan fingerprint density at radius 3 is 2.43 bits per heavy atom. The Morgan fingerprint density at radius 1 is 1.08 bits per heavy atom. The fourth-order valence-electron chi connectivity index (χ4n) is 7.93. The molecule has 0 unspecified atom stereocenters. The summed E-state index contributed by atoms with van der Waals surface area (Å²) in [5.74, 6) is -5.85. The van der Waals surface area contributed by atoms with Crippen LogP contribution in [0.25, 0.3) is 10.8 Å². The number of sulfonamides is 1. The topological polar surface area (TPSA) is 192 Å². The number of rotatable bonds is 11. The van der Waals surface area contributed by atoms with E-state index in [-0.39, 0.29) is 43.2 Å². The molecule has 3 heterocycles. The monoisotopic (exact) mass is 875 g/mol. The summed E-state index contributed by atoms with van der Waals surface area (Å²) in [6.45, 7) is 11.5. The summed E-state index contributed by atoms with van der Waals surface area (Å²) in [4.78, 5) is 62.9. The molecule has 1 aromatic carbocycles. The third-order valence-corrected chi connectivity index (χ3v) is 14.7. The molecule has 7 atom stereocenters. The van der Waals surface area contributed by atoms with Gasteiger partial charge in [0.2, 0.25) is 33.6 Å². The lowest BCUT2D eigenvalue weighted by Crippen LogP contribution is -2.59. The molecule has 18 heteroatoms. The summed E-state index contributed by atoms with van der Waals surface area (Å²) in [5, 5.41) is 6.67. The molecule has 15 nitrogen and oxygen atoms in total. The molecule has 0 spiro atoms. The first kappa shape index (κ1) is 45.8. The average Bonchev–Trinajstić information content (AvgIpc) is 4.04. The Hall–Kier alpha value is -4.74. The smallest absolute Gasteiger partial charge is 0.408 e. The van der Waals surface area contributed by atoms with Crippen LogP contribution in [0, 0.1) is 17.8 Å².